The highest BCUT2D eigenvalue weighted by molar-refractivity contribution is 5.90. The van der Waals surface area contributed by atoms with Crippen molar-refractivity contribution in [3.05, 3.63) is 58.9 Å². The van der Waals surface area contributed by atoms with Gasteiger partial charge < -0.3 is 9.88 Å². The fourth-order valence-electron chi connectivity index (χ4n) is 2.59. The number of nitrogens with one attached hydrogen (secondary N) is 1. The van der Waals surface area contributed by atoms with Crippen LogP contribution < -0.4 is 4.90 Å². The van der Waals surface area contributed by atoms with Crippen molar-refractivity contribution in [1.82, 2.24) is 9.97 Å². The lowest BCUT2D eigenvalue weighted by atomic mass is 10.1. The SMILES string of the molecule is Cc1cc2nc(/C(C#N)=C/c3ccc(N(C)C)cc3)[nH]c2cc1C. The van der Waals surface area contributed by atoms with Crippen LogP contribution in [0.1, 0.15) is 22.5 Å². The standard InChI is InChI=1S/C20H20N4/c1-13-9-18-19(10-14(13)2)23-20(22-18)16(12-21)11-15-5-7-17(8-6-15)24(3)4/h5-11H,1-4H3,(H,22,23)/b16-11+. The van der Waals surface area contributed by atoms with Gasteiger partial charge in [0.05, 0.1) is 16.6 Å². The predicted octanol–water partition coefficient (Wildman–Crippen LogP) is 4.31. The Hall–Kier alpha value is -3.06. The predicted molar refractivity (Wildman–Crippen MR) is 99.8 cm³/mol. The Bertz CT molecular complexity index is 915. The van der Waals surface area contributed by atoms with E-state index in [0.717, 1.165) is 22.3 Å². The number of hydrogen-bond acceptors (Lipinski definition) is 3. The van der Waals surface area contributed by atoms with Crippen molar-refractivity contribution in [3.8, 4) is 6.07 Å². The smallest absolute Gasteiger partial charge is 0.149 e. The average molecular weight is 316 g/mol. The van der Waals surface area contributed by atoms with Gasteiger partial charge in [-0.25, -0.2) is 4.98 Å². The number of rotatable bonds is 3. The Balaban J connectivity index is 2.00. The van der Waals surface area contributed by atoms with Gasteiger partial charge in [0, 0.05) is 19.8 Å². The number of H-pyrrole nitrogens is 1. The molecule has 0 amide bonds. The van der Waals surface area contributed by atoms with E-state index in [4.69, 9.17) is 0 Å². The van der Waals surface area contributed by atoms with Gasteiger partial charge in [-0.3, -0.25) is 0 Å². The first-order valence-electron chi connectivity index (χ1n) is 7.84. The van der Waals surface area contributed by atoms with Crippen molar-refractivity contribution < 1.29 is 0 Å². The van der Waals surface area contributed by atoms with Crippen LogP contribution in [0.4, 0.5) is 5.69 Å². The molecule has 4 nitrogen and oxygen atoms in total. The van der Waals surface area contributed by atoms with E-state index in [1.54, 1.807) is 0 Å². The molecule has 0 spiro atoms. The van der Waals surface area contributed by atoms with E-state index < -0.39 is 0 Å². The van der Waals surface area contributed by atoms with Crippen molar-refractivity contribution in [3.63, 3.8) is 0 Å². The number of anilines is 1. The highest BCUT2D eigenvalue weighted by atomic mass is 15.1. The summed E-state index contributed by atoms with van der Waals surface area (Å²) < 4.78 is 0. The number of benzene rings is 2. The van der Waals surface area contributed by atoms with Gasteiger partial charge in [-0.15, -0.1) is 0 Å². The van der Waals surface area contributed by atoms with Crippen LogP contribution in [0.15, 0.2) is 36.4 Å². The van der Waals surface area contributed by atoms with Crippen LogP contribution in [0.3, 0.4) is 0 Å². The maximum absolute atomic E-state index is 9.53. The zero-order valence-corrected chi connectivity index (χ0v) is 14.4. The Morgan fingerprint density at radius 1 is 1.12 bits per heavy atom. The van der Waals surface area contributed by atoms with Gasteiger partial charge in [0.25, 0.3) is 0 Å². The molecular formula is C20H20N4. The molecule has 0 saturated heterocycles. The summed E-state index contributed by atoms with van der Waals surface area (Å²) in [5.74, 6) is 0.606. The van der Waals surface area contributed by atoms with Crippen molar-refractivity contribution in [2.45, 2.75) is 13.8 Å². The van der Waals surface area contributed by atoms with Gasteiger partial charge in [-0.2, -0.15) is 5.26 Å². The number of aryl methyl sites for hydroxylation is 2. The quantitative estimate of drug-likeness (QED) is 0.733. The molecule has 0 saturated carbocycles. The van der Waals surface area contributed by atoms with E-state index in [2.05, 4.69) is 36.0 Å². The Morgan fingerprint density at radius 2 is 1.79 bits per heavy atom. The maximum atomic E-state index is 9.53. The molecule has 3 aromatic rings. The van der Waals surface area contributed by atoms with Crippen molar-refractivity contribution in [2.24, 2.45) is 0 Å². The zero-order chi connectivity index (χ0) is 17.3. The molecule has 0 unspecified atom stereocenters. The third kappa shape index (κ3) is 3.02. The zero-order valence-electron chi connectivity index (χ0n) is 14.4. The molecule has 0 bridgehead atoms. The maximum Gasteiger partial charge on any atom is 0.149 e. The van der Waals surface area contributed by atoms with Crippen LogP contribution in [0.5, 0.6) is 0 Å². The number of fused-ring (bicyclic) bond motifs is 1. The van der Waals surface area contributed by atoms with E-state index in [1.807, 2.05) is 55.4 Å². The number of nitriles is 1. The summed E-state index contributed by atoms with van der Waals surface area (Å²) in [7, 11) is 4.01. The average Bonchev–Trinajstić information content (AvgIpc) is 2.96. The lowest BCUT2D eigenvalue weighted by Gasteiger charge is -2.11. The van der Waals surface area contributed by atoms with Crippen LogP contribution >= 0.6 is 0 Å². The first-order valence-corrected chi connectivity index (χ1v) is 7.84. The van der Waals surface area contributed by atoms with E-state index in [-0.39, 0.29) is 0 Å². The summed E-state index contributed by atoms with van der Waals surface area (Å²) in [4.78, 5) is 9.87. The number of hydrogen-bond donors (Lipinski definition) is 1. The minimum atomic E-state index is 0.527. The Labute approximate surface area is 142 Å². The van der Waals surface area contributed by atoms with Gasteiger partial charge in [0.2, 0.25) is 0 Å². The van der Waals surface area contributed by atoms with Gasteiger partial charge >= 0.3 is 0 Å². The number of imidazole rings is 1. The molecule has 0 atom stereocenters. The van der Waals surface area contributed by atoms with Crippen molar-refractivity contribution in [2.75, 3.05) is 19.0 Å². The second-order valence-corrected chi connectivity index (χ2v) is 6.19. The summed E-state index contributed by atoms with van der Waals surface area (Å²) in [6, 6.07) is 14.4. The first-order chi connectivity index (χ1) is 11.5. The molecule has 0 radical (unpaired) electrons. The van der Waals surface area contributed by atoms with Crippen LogP contribution in [0.25, 0.3) is 22.7 Å². The van der Waals surface area contributed by atoms with Crippen LogP contribution in [0, 0.1) is 25.2 Å². The minimum Gasteiger partial charge on any atom is -0.378 e. The molecule has 120 valence electrons. The first kappa shape index (κ1) is 15.8. The number of aromatic nitrogens is 2. The van der Waals surface area contributed by atoms with E-state index in [1.165, 1.54) is 11.1 Å². The molecule has 0 fully saturated rings. The molecule has 1 heterocycles. The van der Waals surface area contributed by atoms with Crippen molar-refractivity contribution in [1.29, 1.82) is 5.26 Å². The molecule has 0 aliphatic heterocycles. The normalized spacial score (nSPS) is 11.5. The Morgan fingerprint density at radius 3 is 2.42 bits per heavy atom. The summed E-state index contributed by atoms with van der Waals surface area (Å²) in [6.45, 7) is 4.14. The topological polar surface area (TPSA) is 55.7 Å². The summed E-state index contributed by atoms with van der Waals surface area (Å²) in [5, 5.41) is 9.53. The number of aromatic amines is 1. The van der Waals surface area contributed by atoms with Crippen LogP contribution in [-0.2, 0) is 0 Å². The summed E-state index contributed by atoms with van der Waals surface area (Å²) >= 11 is 0. The molecular weight excluding hydrogens is 296 g/mol. The van der Waals surface area contributed by atoms with Crippen LogP contribution in [0.2, 0.25) is 0 Å². The van der Waals surface area contributed by atoms with E-state index >= 15 is 0 Å². The number of allylic oxidation sites excluding steroid dienone is 1. The largest absolute Gasteiger partial charge is 0.378 e. The second kappa shape index (κ2) is 6.21. The highest BCUT2D eigenvalue weighted by Crippen LogP contribution is 2.22. The molecule has 3 rings (SSSR count). The lowest BCUT2D eigenvalue weighted by molar-refractivity contribution is 1.13. The third-order valence-corrected chi connectivity index (χ3v) is 4.19. The summed E-state index contributed by atoms with van der Waals surface area (Å²) in [6.07, 6.45) is 1.86. The van der Waals surface area contributed by atoms with Crippen molar-refractivity contribution >= 4 is 28.4 Å². The van der Waals surface area contributed by atoms with Gasteiger partial charge in [0.1, 0.15) is 11.9 Å². The highest BCUT2D eigenvalue weighted by Gasteiger charge is 2.09. The van der Waals surface area contributed by atoms with E-state index in [0.29, 0.717) is 11.4 Å². The molecule has 4 heteroatoms. The molecule has 0 aliphatic rings. The lowest BCUT2D eigenvalue weighted by Crippen LogP contribution is -2.07. The molecule has 1 aromatic heterocycles. The minimum absolute atomic E-state index is 0.527. The monoisotopic (exact) mass is 316 g/mol. The van der Waals surface area contributed by atoms with E-state index in [9.17, 15) is 5.26 Å². The van der Waals surface area contributed by atoms with Gasteiger partial charge in [0.15, 0.2) is 0 Å². The van der Waals surface area contributed by atoms with Gasteiger partial charge in [-0.05, 0) is 60.9 Å². The third-order valence-electron chi connectivity index (χ3n) is 4.19. The number of nitrogens with zero attached hydrogens (tertiary/aromatic N) is 3. The molecule has 24 heavy (non-hydrogen) atoms. The Kier molecular flexibility index (Phi) is 4.09. The molecule has 0 aliphatic carbocycles. The fraction of sp³-hybridized carbons (Fsp3) is 0.200. The molecule has 1 N–H and O–H groups in total. The summed E-state index contributed by atoms with van der Waals surface area (Å²) in [5.41, 5.74) is 6.88. The van der Waals surface area contributed by atoms with Crippen LogP contribution in [-0.4, -0.2) is 24.1 Å². The molecule has 2 aromatic carbocycles. The van der Waals surface area contributed by atoms with Gasteiger partial charge in [-0.1, -0.05) is 12.1 Å². The second-order valence-electron chi connectivity index (χ2n) is 6.19. The fourth-order valence-corrected chi connectivity index (χ4v) is 2.59.